The summed E-state index contributed by atoms with van der Waals surface area (Å²) < 4.78 is 12.0. The molecule has 1 fully saturated rings. The molecule has 0 bridgehead atoms. The standard InChI is InChI=1S/C15H20O2/c1-10-5-6-12-11(7-10)8-15(4)9-16-14(2,3)17-13(12)15/h5-7,13H,8-9H2,1-4H3/t13-,15-/m1/s1. The van der Waals surface area contributed by atoms with E-state index in [0.717, 1.165) is 13.0 Å². The Labute approximate surface area is 103 Å². The summed E-state index contributed by atoms with van der Waals surface area (Å²) in [6.45, 7) is 9.18. The third-order valence-corrected chi connectivity index (χ3v) is 3.96. The molecule has 0 radical (unpaired) electrons. The Morgan fingerprint density at radius 1 is 1.24 bits per heavy atom. The fourth-order valence-corrected chi connectivity index (χ4v) is 3.04. The van der Waals surface area contributed by atoms with Gasteiger partial charge in [0.05, 0.1) is 12.7 Å². The van der Waals surface area contributed by atoms with Crippen molar-refractivity contribution in [2.75, 3.05) is 6.61 Å². The van der Waals surface area contributed by atoms with Crippen molar-refractivity contribution < 1.29 is 9.47 Å². The molecule has 0 aromatic heterocycles. The molecule has 2 aliphatic rings. The van der Waals surface area contributed by atoms with Crippen LogP contribution in [0.1, 0.15) is 43.6 Å². The van der Waals surface area contributed by atoms with Crippen LogP contribution in [-0.2, 0) is 15.9 Å². The van der Waals surface area contributed by atoms with Crippen molar-refractivity contribution in [2.45, 2.75) is 46.0 Å². The molecule has 0 amide bonds. The molecule has 3 rings (SSSR count). The van der Waals surface area contributed by atoms with Gasteiger partial charge in [-0.05, 0) is 38.3 Å². The van der Waals surface area contributed by atoms with Crippen LogP contribution < -0.4 is 0 Å². The van der Waals surface area contributed by atoms with Gasteiger partial charge in [0.15, 0.2) is 5.79 Å². The van der Waals surface area contributed by atoms with Crippen LogP contribution in [-0.4, -0.2) is 12.4 Å². The zero-order chi connectivity index (χ0) is 12.3. The summed E-state index contributed by atoms with van der Waals surface area (Å²) in [6.07, 6.45) is 1.24. The van der Waals surface area contributed by atoms with Crippen LogP contribution in [0.2, 0.25) is 0 Å². The maximum atomic E-state index is 6.14. The smallest absolute Gasteiger partial charge is 0.163 e. The summed E-state index contributed by atoms with van der Waals surface area (Å²) in [5.74, 6) is -0.462. The van der Waals surface area contributed by atoms with E-state index in [2.05, 4.69) is 32.0 Å². The lowest BCUT2D eigenvalue weighted by molar-refractivity contribution is -0.314. The molecule has 2 nitrogen and oxygen atoms in total. The van der Waals surface area contributed by atoms with Gasteiger partial charge < -0.3 is 9.47 Å². The van der Waals surface area contributed by atoms with E-state index in [4.69, 9.17) is 9.47 Å². The minimum Gasteiger partial charge on any atom is -0.350 e. The molecule has 2 heteroatoms. The molecule has 1 aromatic carbocycles. The van der Waals surface area contributed by atoms with E-state index < -0.39 is 5.79 Å². The molecule has 0 unspecified atom stereocenters. The summed E-state index contributed by atoms with van der Waals surface area (Å²) in [5, 5.41) is 0. The maximum Gasteiger partial charge on any atom is 0.163 e. The van der Waals surface area contributed by atoms with Crippen LogP contribution in [0, 0.1) is 12.3 Å². The molecule has 0 N–H and O–H groups in total. The van der Waals surface area contributed by atoms with Gasteiger partial charge in [0.2, 0.25) is 0 Å². The Morgan fingerprint density at radius 2 is 2.00 bits per heavy atom. The highest BCUT2D eigenvalue weighted by atomic mass is 16.7. The predicted octanol–water partition coefficient (Wildman–Crippen LogP) is 3.38. The zero-order valence-corrected chi connectivity index (χ0v) is 11.0. The van der Waals surface area contributed by atoms with Gasteiger partial charge in [0.25, 0.3) is 0 Å². The molecule has 1 saturated heterocycles. The van der Waals surface area contributed by atoms with E-state index >= 15 is 0 Å². The normalized spacial score (nSPS) is 34.2. The third-order valence-electron chi connectivity index (χ3n) is 3.96. The Kier molecular flexibility index (Phi) is 2.20. The summed E-state index contributed by atoms with van der Waals surface area (Å²) >= 11 is 0. The quantitative estimate of drug-likeness (QED) is 0.682. The highest BCUT2D eigenvalue weighted by Crippen LogP contribution is 2.52. The molecule has 17 heavy (non-hydrogen) atoms. The molecule has 1 aliphatic heterocycles. The van der Waals surface area contributed by atoms with E-state index in [-0.39, 0.29) is 11.5 Å². The van der Waals surface area contributed by atoms with E-state index in [9.17, 15) is 0 Å². The first-order chi connectivity index (χ1) is 7.90. The first-order valence-electron chi connectivity index (χ1n) is 6.31. The molecule has 92 valence electrons. The number of hydrogen-bond donors (Lipinski definition) is 0. The average molecular weight is 232 g/mol. The Hall–Kier alpha value is -0.860. The Bertz CT molecular complexity index is 464. The topological polar surface area (TPSA) is 18.5 Å². The second kappa shape index (κ2) is 3.33. The molecule has 0 saturated carbocycles. The lowest BCUT2D eigenvalue weighted by atomic mass is 9.84. The molecule has 2 atom stereocenters. The molecule has 1 aromatic rings. The van der Waals surface area contributed by atoms with Crippen molar-refractivity contribution in [3.8, 4) is 0 Å². The highest BCUT2D eigenvalue weighted by molar-refractivity contribution is 5.40. The third kappa shape index (κ3) is 1.71. The number of ether oxygens (including phenoxy) is 2. The van der Waals surface area contributed by atoms with E-state index in [1.165, 1.54) is 16.7 Å². The van der Waals surface area contributed by atoms with Crippen LogP contribution >= 0.6 is 0 Å². The summed E-state index contributed by atoms with van der Waals surface area (Å²) in [6, 6.07) is 6.69. The lowest BCUT2D eigenvalue weighted by Crippen LogP contribution is -2.45. The number of hydrogen-bond acceptors (Lipinski definition) is 2. The summed E-state index contributed by atoms with van der Waals surface area (Å²) in [5.41, 5.74) is 4.21. The maximum absolute atomic E-state index is 6.14. The van der Waals surface area contributed by atoms with Crippen LogP contribution in [0.15, 0.2) is 18.2 Å². The summed E-state index contributed by atoms with van der Waals surface area (Å²) in [4.78, 5) is 0. The Balaban J connectivity index is 2.04. The molecular weight excluding hydrogens is 212 g/mol. The summed E-state index contributed by atoms with van der Waals surface area (Å²) in [7, 11) is 0. The first-order valence-corrected chi connectivity index (χ1v) is 6.31. The van der Waals surface area contributed by atoms with Crippen LogP contribution in [0.25, 0.3) is 0 Å². The van der Waals surface area contributed by atoms with E-state index in [1.54, 1.807) is 0 Å². The number of benzene rings is 1. The van der Waals surface area contributed by atoms with E-state index in [0.29, 0.717) is 0 Å². The fourth-order valence-electron chi connectivity index (χ4n) is 3.04. The van der Waals surface area contributed by atoms with Gasteiger partial charge in [-0.3, -0.25) is 0 Å². The van der Waals surface area contributed by atoms with Crippen molar-refractivity contribution in [1.82, 2.24) is 0 Å². The van der Waals surface area contributed by atoms with Crippen molar-refractivity contribution >= 4 is 0 Å². The van der Waals surface area contributed by atoms with Gasteiger partial charge in [-0.15, -0.1) is 0 Å². The molecule has 0 spiro atoms. The minimum atomic E-state index is -0.462. The van der Waals surface area contributed by atoms with Gasteiger partial charge in [-0.25, -0.2) is 0 Å². The van der Waals surface area contributed by atoms with Gasteiger partial charge in [0.1, 0.15) is 0 Å². The van der Waals surface area contributed by atoms with Crippen molar-refractivity contribution in [2.24, 2.45) is 5.41 Å². The van der Waals surface area contributed by atoms with Crippen molar-refractivity contribution in [3.63, 3.8) is 0 Å². The molecule has 1 heterocycles. The van der Waals surface area contributed by atoms with Crippen molar-refractivity contribution in [1.29, 1.82) is 0 Å². The van der Waals surface area contributed by atoms with Crippen LogP contribution in [0.4, 0.5) is 0 Å². The minimum absolute atomic E-state index is 0.103. The SMILES string of the molecule is Cc1ccc2c(c1)C[C@]1(C)COC(C)(C)O[C@H]21. The van der Waals surface area contributed by atoms with Gasteiger partial charge in [0, 0.05) is 5.41 Å². The van der Waals surface area contributed by atoms with Gasteiger partial charge in [-0.1, -0.05) is 30.7 Å². The molecular formula is C15H20O2. The monoisotopic (exact) mass is 232 g/mol. The van der Waals surface area contributed by atoms with Gasteiger partial charge in [-0.2, -0.15) is 0 Å². The Morgan fingerprint density at radius 3 is 2.76 bits per heavy atom. The fraction of sp³-hybridized carbons (Fsp3) is 0.600. The molecule has 1 aliphatic carbocycles. The largest absolute Gasteiger partial charge is 0.350 e. The number of rotatable bonds is 0. The van der Waals surface area contributed by atoms with E-state index in [1.807, 2.05) is 13.8 Å². The van der Waals surface area contributed by atoms with Crippen molar-refractivity contribution in [3.05, 3.63) is 34.9 Å². The predicted molar refractivity (Wildman–Crippen MR) is 66.8 cm³/mol. The second-order valence-corrected chi connectivity index (χ2v) is 6.22. The van der Waals surface area contributed by atoms with Crippen LogP contribution in [0.5, 0.6) is 0 Å². The number of fused-ring (bicyclic) bond motifs is 3. The second-order valence-electron chi connectivity index (χ2n) is 6.22. The van der Waals surface area contributed by atoms with Crippen LogP contribution in [0.3, 0.4) is 0 Å². The first kappa shape index (κ1) is 11.2. The number of aryl methyl sites for hydroxylation is 1. The lowest BCUT2D eigenvalue weighted by Gasteiger charge is -2.44. The average Bonchev–Trinajstić information content (AvgIpc) is 2.49. The highest BCUT2D eigenvalue weighted by Gasteiger charge is 2.50. The van der Waals surface area contributed by atoms with Gasteiger partial charge >= 0.3 is 0 Å². The zero-order valence-electron chi connectivity index (χ0n) is 11.0.